The number of Topliss-reactive ketones (excluding diaryl/α,β-unsaturated/α-hetero) is 1. The Morgan fingerprint density at radius 2 is 1.80 bits per heavy atom. The molecule has 1 fully saturated rings. The van der Waals surface area contributed by atoms with Crippen LogP contribution in [0.25, 0.3) is 5.76 Å². The van der Waals surface area contributed by atoms with Crippen molar-refractivity contribution in [3.63, 3.8) is 0 Å². The minimum Gasteiger partial charge on any atom is -0.507 e. The molecule has 2 heterocycles. The molecule has 1 aliphatic rings. The van der Waals surface area contributed by atoms with Gasteiger partial charge >= 0.3 is 5.91 Å². The first-order valence-electron chi connectivity index (χ1n) is 12.9. The van der Waals surface area contributed by atoms with Crippen LogP contribution in [0.4, 0.5) is 9.52 Å². The second-order valence-electron chi connectivity index (χ2n) is 9.18. The van der Waals surface area contributed by atoms with Crippen LogP contribution in [0, 0.1) is 5.82 Å². The lowest BCUT2D eigenvalue weighted by molar-refractivity contribution is -0.132. The zero-order chi connectivity index (χ0) is 28.9. The Balaban J connectivity index is 1.49. The molecule has 210 valence electrons. The summed E-state index contributed by atoms with van der Waals surface area (Å²) in [7, 11) is 0. The standard InChI is InChI=1S/C30H25ClFN3O4S2/c1-2-3-16-39-21-14-10-19(11-15-21)26(36)24-25(22-6-4-5-7-23(22)32)35(28(38)27(24)37)29-33-34-30(41-29)40-17-18-8-12-20(31)13-9-18/h4-15,25,36H,2-3,16-17H2,1H3/b26-24-. The van der Waals surface area contributed by atoms with Gasteiger partial charge in [0.05, 0.1) is 12.2 Å². The topological polar surface area (TPSA) is 92.6 Å². The number of halogens is 2. The van der Waals surface area contributed by atoms with Gasteiger partial charge in [-0.3, -0.25) is 14.5 Å². The van der Waals surface area contributed by atoms with Crippen LogP contribution in [0.15, 0.2) is 82.7 Å². The number of nitrogens with zero attached hydrogens (tertiary/aromatic N) is 3. The highest BCUT2D eigenvalue weighted by atomic mass is 35.5. The van der Waals surface area contributed by atoms with Gasteiger partial charge < -0.3 is 9.84 Å². The van der Waals surface area contributed by atoms with E-state index >= 15 is 4.39 Å². The van der Waals surface area contributed by atoms with Crippen molar-refractivity contribution in [3.05, 3.63) is 106 Å². The molecule has 11 heteroatoms. The molecule has 1 saturated heterocycles. The van der Waals surface area contributed by atoms with E-state index in [9.17, 15) is 14.7 Å². The number of hydrogen-bond donors (Lipinski definition) is 1. The van der Waals surface area contributed by atoms with Crippen molar-refractivity contribution >= 4 is 57.3 Å². The minimum absolute atomic E-state index is 0.0540. The third-order valence-electron chi connectivity index (χ3n) is 6.42. The minimum atomic E-state index is -1.24. The fraction of sp³-hybridized carbons (Fsp3) is 0.200. The van der Waals surface area contributed by atoms with E-state index < -0.39 is 29.3 Å². The summed E-state index contributed by atoms with van der Waals surface area (Å²) in [5, 5.41) is 20.4. The highest BCUT2D eigenvalue weighted by molar-refractivity contribution is 8.00. The fourth-order valence-corrected chi connectivity index (χ4v) is 6.25. The van der Waals surface area contributed by atoms with E-state index in [-0.39, 0.29) is 16.3 Å². The van der Waals surface area contributed by atoms with Gasteiger partial charge in [0.15, 0.2) is 4.34 Å². The zero-order valence-corrected chi connectivity index (χ0v) is 24.3. The molecule has 1 atom stereocenters. The summed E-state index contributed by atoms with van der Waals surface area (Å²) < 4.78 is 21.4. The number of aromatic nitrogens is 2. The molecule has 4 aromatic rings. The Labute approximate surface area is 249 Å². The molecule has 7 nitrogen and oxygen atoms in total. The van der Waals surface area contributed by atoms with Gasteiger partial charge in [-0.2, -0.15) is 0 Å². The third-order valence-corrected chi connectivity index (χ3v) is 8.80. The number of rotatable bonds is 10. The first-order chi connectivity index (χ1) is 19.9. The van der Waals surface area contributed by atoms with Crippen LogP contribution in [0.5, 0.6) is 5.75 Å². The van der Waals surface area contributed by atoms with E-state index in [4.69, 9.17) is 16.3 Å². The number of thioether (sulfide) groups is 1. The van der Waals surface area contributed by atoms with E-state index in [2.05, 4.69) is 17.1 Å². The van der Waals surface area contributed by atoms with E-state index in [1.807, 2.05) is 12.1 Å². The Morgan fingerprint density at radius 3 is 2.51 bits per heavy atom. The van der Waals surface area contributed by atoms with E-state index in [1.165, 1.54) is 30.0 Å². The number of aliphatic hydroxyl groups excluding tert-OH is 1. The Kier molecular flexibility index (Phi) is 9.02. The fourth-order valence-electron chi connectivity index (χ4n) is 4.30. The third kappa shape index (κ3) is 6.29. The van der Waals surface area contributed by atoms with Crippen molar-refractivity contribution in [2.24, 2.45) is 0 Å². The molecule has 1 unspecified atom stereocenters. The number of ketones is 1. The van der Waals surface area contributed by atoms with Crippen LogP contribution in [0.2, 0.25) is 5.02 Å². The molecule has 0 saturated carbocycles. The van der Waals surface area contributed by atoms with Gasteiger partial charge in [-0.15, -0.1) is 10.2 Å². The monoisotopic (exact) mass is 609 g/mol. The smallest absolute Gasteiger partial charge is 0.301 e. The number of anilines is 1. The predicted molar refractivity (Wildman–Crippen MR) is 159 cm³/mol. The highest BCUT2D eigenvalue weighted by Crippen LogP contribution is 2.44. The number of carbonyl (C=O) groups is 2. The molecule has 0 aliphatic carbocycles. The molecule has 1 amide bonds. The molecule has 5 rings (SSSR count). The van der Waals surface area contributed by atoms with E-state index in [1.54, 1.807) is 42.5 Å². The average molecular weight is 610 g/mol. The number of amides is 1. The van der Waals surface area contributed by atoms with E-state index in [0.717, 1.165) is 34.6 Å². The zero-order valence-electron chi connectivity index (χ0n) is 21.9. The van der Waals surface area contributed by atoms with Gasteiger partial charge in [0.2, 0.25) is 5.13 Å². The molecule has 3 aromatic carbocycles. The van der Waals surface area contributed by atoms with Crippen molar-refractivity contribution in [2.45, 2.75) is 35.9 Å². The summed E-state index contributed by atoms with van der Waals surface area (Å²) in [6, 6.07) is 18.5. The van der Waals surface area contributed by atoms with Crippen LogP contribution in [0.3, 0.4) is 0 Å². The lowest BCUT2D eigenvalue weighted by Gasteiger charge is -2.22. The average Bonchev–Trinajstić information content (AvgIpc) is 3.55. The largest absolute Gasteiger partial charge is 0.507 e. The first-order valence-corrected chi connectivity index (χ1v) is 15.0. The SMILES string of the molecule is CCCCOc1ccc(/C(O)=C2/C(=O)C(=O)N(c3nnc(SCc4ccc(Cl)cc4)s3)C2c2ccccc2F)cc1. The second kappa shape index (κ2) is 12.8. The normalized spacial score (nSPS) is 16.4. The van der Waals surface area contributed by atoms with E-state index in [0.29, 0.717) is 33.0 Å². The van der Waals surface area contributed by atoms with Gasteiger partial charge in [-0.1, -0.05) is 78.4 Å². The van der Waals surface area contributed by atoms with Crippen molar-refractivity contribution < 1.29 is 23.8 Å². The lowest BCUT2D eigenvalue weighted by Crippen LogP contribution is -2.29. The summed E-state index contributed by atoms with van der Waals surface area (Å²) in [6.45, 7) is 2.62. The maximum atomic E-state index is 15.2. The van der Waals surface area contributed by atoms with Crippen molar-refractivity contribution in [1.82, 2.24) is 10.2 Å². The van der Waals surface area contributed by atoms with Gasteiger partial charge in [0.1, 0.15) is 23.4 Å². The van der Waals surface area contributed by atoms with Crippen LogP contribution >= 0.6 is 34.7 Å². The molecule has 1 N–H and O–H groups in total. The van der Waals surface area contributed by atoms with Gasteiger partial charge in [-0.05, 0) is 54.4 Å². The van der Waals surface area contributed by atoms with Crippen LogP contribution in [0.1, 0.15) is 42.5 Å². The van der Waals surface area contributed by atoms with Gasteiger partial charge in [0.25, 0.3) is 5.78 Å². The number of benzene rings is 3. The van der Waals surface area contributed by atoms with Crippen LogP contribution in [-0.2, 0) is 15.3 Å². The first kappa shape index (κ1) is 28.8. The maximum absolute atomic E-state index is 15.2. The summed E-state index contributed by atoms with van der Waals surface area (Å²) >= 11 is 8.48. The summed E-state index contributed by atoms with van der Waals surface area (Å²) in [6.07, 6.45) is 1.90. The number of unbranched alkanes of at least 4 members (excludes halogenated alkanes) is 1. The van der Waals surface area contributed by atoms with Crippen molar-refractivity contribution in [1.29, 1.82) is 0 Å². The summed E-state index contributed by atoms with van der Waals surface area (Å²) in [4.78, 5) is 27.9. The molecular formula is C30H25ClFN3O4S2. The summed E-state index contributed by atoms with van der Waals surface area (Å²) in [5.41, 5.74) is 1.14. The molecule has 1 aliphatic heterocycles. The van der Waals surface area contributed by atoms with Gasteiger partial charge in [0, 0.05) is 21.9 Å². The maximum Gasteiger partial charge on any atom is 0.301 e. The Morgan fingerprint density at radius 1 is 1.07 bits per heavy atom. The molecule has 0 radical (unpaired) electrons. The van der Waals surface area contributed by atoms with Crippen molar-refractivity contribution in [2.75, 3.05) is 11.5 Å². The molecular weight excluding hydrogens is 585 g/mol. The Bertz CT molecular complexity index is 1590. The Hall–Kier alpha value is -3.73. The predicted octanol–water partition coefficient (Wildman–Crippen LogP) is 7.43. The number of ether oxygens (including phenoxy) is 1. The lowest BCUT2D eigenvalue weighted by atomic mass is 9.95. The highest BCUT2D eigenvalue weighted by Gasteiger charge is 2.49. The number of aliphatic hydroxyl groups is 1. The quantitative estimate of drug-likeness (QED) is 0.0499. The van der Waals surface area contributed by atoms with Crippen LogP contribution < -0.4 is 9.64 Å². The summed E-state index contributed by atoms with van der Waals surface area (Å²) in [5.74, 6) is -1.72. The second-order valence-corrected chi connectivity index (χ2v) is 11.8. The molecule has 1 aromatic heterocycles. The molecule has 41 heavy (non-hydrogen) atoms. The van der Waals surface area contributed by atoms with Crippen LogP contribution in [-0.4, -0.2) is 33.6 Å². The molecule has 0 spiro atoms. The number of carbonyl (C=O) groups excluding carboxylic acids is 2. The van der Waals surface area contributed by atoms with Gasteiger partial charge in [-0.25, -0.2) is 4.39 Å². The molecule has 0 bridgehead atoms. The van der Waals surface area contributed by atoms with Crippen molar-refractivity contribution in [3.8, 4) is 5.75 Å². The number of hydrogen-bond acceptors (Lipinski definition) is 8.